The van der Waals surface area contributed by atoms with Crippen molar-refractivity contribution in [2.45, 2.75) is 0 Å². The first kappa shape index (κ1) is 10.4. The van der Waals surface area contributed by atoms with Crippen molar-refractivity contribution in [3.05, 3.63) is 46.9 Å². The largest absolute Gasteiger partial charge is 0.172 e. The van der Waals surface area contributed by atoms with Crippen LogP contribution >= 0.6 is 27.7 Å². The fourth-order valence-electron chi connectivity index (χ4n) is 2.41. The molecule has 0 bridgehead atoms. The molecule has 0 aliphatic rings. The Morgan fingerprint density at radius 3 is 2.28 bits per heavy atom. The van der Waals surface area contributed by atoms with E-state index in [0.717, 1.165) is 20.9 Å². The Balaban J connectivity index is 2.44. The Morgan fingerprint density at radius 1 is 0.778 bits per heavy atom. The van der Waals surface area contributed by atoms with Gasteiger partial charge in [0.15, 0.2) is 0 Å². The highest BCUT2D eigenvalue weighted by atomic mass is 79.9. The van der Waals surface area contributed by atoms with Crippen LogP contribution in [0.3, 0.4) is 0 Å². The Morgan fingerprint density at radius 2 is 1.44 bits per heavy atom. The average Bonchev–Trinajstić information content (AvgIpc) is 2.88. The van der Waals surface area contributed by atoms with Gasteiger partial charge in [0.25, 0.3) is 0 Å². The van der Waals surface area contributed by atoms with Crippen molar-refractivity contribution in [3.63, 3.8) is 0 Å². The van der Waals surface area contributed by atoms with Crippen LogP contribution in [-0.2, 0) is 0 Å². The summed E-state index contributed by atoms with van der Waals surface area (Å²) in [5.74, 6) is 0. The van der Waals surface area contributed by atoms with Crippen LogP contribution in [0.2, 0.25) is 0 Å². The summed E-state index contributed by atoms with van der Waals surface area (Å²) in [5.41, 5.74) is 2.00. The van der Waals surface area contributed by atoms with Crippen molar-refractivity contribution in [1.29, 1.82) is 0 Å². The van der Waals surface area contributed by atoms with E-state index in [2.05, 4.69) is 61.1 Å². The van der Waals surface area contributed by atoms with E-state index in [-0.39, 0.29) is 0 Å². The molecule has 0 spiro atoms. The van der Waals surface area contributed by atoms with Gasteiger partial charge < -0.3 is 0 Å². The average molecular weight is 315 g/mol. The summed E-state index contributed by atoms with van der Waals surface area (Å²) in [6, 6.07) is 14.7. The van der Waals surface area contributed by atoms with E-state index in [9.17, 15) is 0 Å². The zero-order chi connectivity index (χ0) is 12.1. The number of hydrogen-bond donors (Lipinski definition) is 0. The molecule has 1 heterocycles. The Kier molecular flexibility index (Phi) is 2.16. The molecule has 0 atom stereocenters. The molecule has 0 amide bonds. The second-order valence-corrected chi connectivity index (χ2v) is 5.64. The van der Waals surface area contributed by atoms with E-state index < -0.39 is 0 Å². The molecule has 2 nitrogen and oxygen atoms in total. The molecule has 0 radical (unpaired) electrons. The third kappa shape index (κ3) is 1.33. The first-order valence-corrected chi connectivity index (χ1v) is 7.09. The Hall–Kier alpha value is -1.52. The van der Waals surface area contributed by atoms with E-state index in [4.69, 9.17) is 0 Å². The van der Waals surface area contributed by atoms with E-state index in [1.54, 1.807) is 0 Å². The minimum atomic E-state index is 0.995. The van der Waals surface area contributed by atoms with Crippen molar-refractivity contribution in [3.8, 4) is 0 Å². The maximum atomic E-state index is 4.45. The van der Waals surface area contributed by atoms with Crippen molar-refractivity contribution < 1.29 is 0 Å². The molecule has 4 rings (SSSR count). The van der Waals surface area contributed by atoms with Crippen LogP contribution in [0.4, 0.5) is 0 Å². The fraction of sp³-hybridized carbons (Fsp3) is 0. The fourth-order valence-corrected chi connectivity index (χ4v) is 3.35. The molecule has 0 aliphatic heterocycles. The molecule has 0 fully saturated rings. The third-order valence-corrected chi connectivity index (χ3v) is 4.22. The molecule has 86 valence electrons. The number of aromatic nitrogens is 2. The summed E-state index contributed by atoms with van der Waals surface area (Å²) < 4.78 is 9.96. The van der Waals surface area contributed by atoms with Gasteiger partial charge in [0.2, 0.25) is 0 Å². The van der Waals surface area contributed by atoms with Gasteiger partial charge in [-0.1, -0.05) is 46.3 Å². The predicted molar refractivity (Wildman–Crippen MR) is 80.1 cm³/mol. The summed E-state index contributed by atoms with van der Waals surface area (Å²) >= 11 is 4.80. The topological polar surface area (TPSA) is 25.8 Å². The van der Waals surface area contributed by atoms with Crippen LogP contribution in [0.15, 0.2) is 46.9 Å². The highest BCUT2D eigenvalue weighted by Crippen LogP contribution is 2.34. The predicted octanol–water partition coefficient (Wildman–Crippen LogP) is 4.76. The molecule has 4 aromatic rings. The lowest BCUT2D eigenvalue weighted by molar-refractivity contribution is 1.68. The van der Waals surface area contributed by atoms with Crippen molar-refractivity contribution >= 4 is 60.2 Å². The molecule has 0 aliphatic carbocycles. The summed E-state index contributed by atoms with van der Waals surface area (Å²) in [6.07, 6.45) is 0. The van der Waals surface area contributed by atoms with Gasteiger partial charge in [-0.15, -0.1) is 0 Å². The maximum absolute atomic E-state index is 4.45. The second-order valence-electron chi connectivity index (χ2n) is 4.20. The minimum absolute atomic E-state index is 0.995. The van der Waals surface area contributed by atoms with Crippen molar-refractivity contribution in [2.24, 2.45) is 0 Å². The van der Waals surface area contributed by atoms with Crippen LogP contribution in [0.1, 0.15) is 0 Å². The lowest BCUT2D eigenvalue weighted by Crippen LogP contribution is -1.82. The lowest BCUT2D eigenvalue weighted by Gasteiger charge is -2.05. The van der Waals surface area contributed by atoms with Gasteiger partial charge in [-0.3, -0.25) is 0 Å². The van der Waals surface area contributed by atoms with Crippen molar-refractivity contribution in [1.82, 2.24) is 8.75 Å². The summed E-state index contributed by atoms with van der Waals surface area (Å²) in [5, 5.41) is 4.80. The zero-order valence-corrected chi connectivity index (χ0v) is 11.6. The van der Waals surface area contributed by atoms with Gasteiger partial charge in [-0.2, -0.15) is 8.75 Å². The summed E-state index contributed by atoms with van der Waals surface area (Å²) in [6.45, 7) is 0. The lowest BCUT2D eigenvalue weighted by atomic mass is 10.0. The van der Waals surface area contributed by atoms with Crippen LogP contribution in [0.25, 0.3) is 32.6 Å². The van der Waals surface area contributed by atoms with Crippen LogP contribution in [0, 0.1) is 0 Å². The molecule has 18 heavy (non-hydrogen) atoms. The van der Waals surface area contributed by atoms with Crippen molar-refractivity contribution in [2.75, 3.05) is 0 Å². The number of halogens is 1. The molecular weight excluding hydrogens is 308 g/mol. The highest BCUT2D eigenvalue weighted by molar-refractivity contribution is 9.10. The molecule has 1 aromatic heterocycles. The van der Waals surface area contributed by atoms with Crippen LogP contribution in [0.5, 0.6) is 0 Å². The first-order chi connectivity index (χ1) is 8.84. The molecule has 0 saturated carbocycles. The maximum Gasteiger partial charge on any atom is 0.113 e. The highest BCUT2D eigenvalue weighted by Gasteiger charge is 2.11. The van der Waals surface area contributed by atoms with Crippen LogP contribution < -0.4 is 0 Å². The summed E-state index contributed by atoms with van der Waals surface area (Å²) in [7, 11) is 0. The number of rotatable bonds is 0. The quantitative estimate of drug-likeness (QED) is 0.437. The van der Waals surface area contributed by atoms with E-state index in [1.165, 1.54) is 27.9 Å². The van der Waals surface area contributed by atoms with Gasteiger partial charge in [-0.05, 0) is 22.9 Å². The number of fused-ring (bicyclic) bond motifs is 6. The summed E-state index contributed by atoms with van der Waals surface area (Å²) in [4.78, 5) is 0. The number of nitrogens with zero attached hydrogens (tertiary/aromatic N) is 2. The second kappa shape index (κ2) is 3.73. The molecule has 0 N–H and O–H groups in total. The zero-order valence-electron chi connectivity index (χ0n) is 9.22. The molecule has 0 unspecified atom stereocenters. The standard InChI is InChI=1S/C14H7BrN2S/c15-8-5-6-10-9-3-1-2-4-11(9)13-14(12(10)7-8)17-18-16-13/h1-7H. The SMILES string of the molecule is Brc1ccc2c3ccccc3c3nsnc3c2c1. The van der Waals surface area contributed by atoms with Crippen LogP contribution in [-0.4, -0.2) is 8.75 Å². The third-order valence-electron chi connectivity index (χ3n) is 3.20. The van der Waals surface area contributed by atoms with Gasteiger partial charge in [0, 0.05) is 15.2 Å². The van der Waals surface area contributed by atoms with E-state index in [0.29, 0.717) is 0 Å². The monoisotopic (exact) mass is 314 g/mol. The minimum Gasteiger partial charge on any atom is -0.172 e. The molecule has 3 aromatic carbocycles. The van der Waals surface area contributed by atoms with E-state index in [1.807, 2.05) is 6.07 Å². The Bertz CT molecular complexity index is 898. The number of hydrogen-bond acceptors (Lipinski definition) is 3. The molecule has 0 saturated heterocycles. The molecular formula is C14H7BrN2S. The van der Waals surface area contributed by atoms with Gasteiger partial charge in [0.05, 0.1) is 11.7 Å². The van der Waals surface area contributed by atoms with E-state index >= 15 is 0 Å². The van der Waals surface area contributed by atoms with Gasteiger partial charge in [-0.25, -0.2) is 0 Å². The molecule has 4 heteroatoms. The first-order valence-electron chi connectivity index (χ1n) is 5.57. The van der Waals surface area contributed by atoms with Gasteiger partial charge >= 0.3 is 0 Å². The van der Waals surface area contributed by atoms with Gasteiger partial charge in [0.1, 0.15) is 11.0 Å². The smallest absolute Gasteiger partial charge is 0.113 e. The Labute approximate surface area is 116 Å². The normalized spacial score (nSPS) is 11.6. The number of benzene rings is 3.